The van der Waals surface area contributed by atoms with Gasteiger partial charge in [-0.15, -0.1) is 0 Å². The van der Waals surface area contributed by atoms with Crippen LogP contribution in [-0.2, 0) is 20.7 Å². The topological polar surface area (TPSA) is 108 Å². The highest BCUT2D eigenvalue weighted by atomic mass is 16.6. The van der Waals surface area contributed by atoms with Gasteiger partial charge in [0.1, 0.15) is 23.4 Å². The summed E-state index contributed by atoms with van der Waals surface area (Å²) in [6, 6.07) is 10.6. The molecule has 3 amide bonds. The summed E-state index contributed by atoms with van der Waals surface area (Å²) in [4.78, 5) is 43.4. The van der Waals surface area contributed by atoms with E-state index in [2.05, 4.69) is 24.5 Å². The van der Waals surface area contributed by atoms with Crippen molar-refractivity contribution < 1.29 is 24.2 Å². The molecule has 44 heavy (non-hydrogen) atoms. The van der Waals surface area contributed by atoms with Crippen molar-refractivity contribution >= 4 is 17.9 Å². The maximum Gasteiger partial charge on any atom is 0.408 e. The van der Waals surface area contributed by atoms with Gasteiger partial charge in [-0.1, -0.05) is 82.7 Å². The molecule has 0 bridgehead atoms. The van der Waals surface area contributed by atoms with Crippen molar-refractivity contribution in [1.82, 2.24) is 15.5 Å². The minimum Gasteiger partial charge on any atom is -0.508 e. The monoisotopic (exact) mass is 609 g/mol. The summed E-state index contributed by atoms with van der Waals surface area (Å²) in [5.41, 5.74) is 2.77. The van der Waals surface area contributed by atoms with E-state index in [1.807, 2.05) is 32.0 Å². The second kappa shape index (κ2) is 18.3. The molecule has 0 spiro atoms. The molecule has 0 radical (unpaired) electrons. The van der Waals surface area contributed by atoms with Crippen LogP contribution in [0.4, 0.5) is 4.79 Å². The van der Waals surface area contributed by atoms with Gasteiger partial charge in [-0.2, -0.15) is 0 Å². The quantitative estimate of drug-likeness (QED) is 0.163. The highest BCUT2D eigenvalue weighted by Crippen LogP contribution is 2.28. The van der Waals surface area contributed by atoms with Crippen LogP contribution in [0, 0.1) is 13.8 Å². The summed E-state index contributed by atoms with van der Waals surface area (Å²) in [5.74, 6) is -0.466. The van der Waals surface area contributed by atoms with Crippen LogP contribution in [0.1, 0.15) is 114 Å². The van der Waals surface area contributed by atoms with E-state index in [-0.39, 0.29) is 24.0 Å². The molecular formula is C36H55N3O5. The number of carbonyl (C=O) groups is 3. The first-order valence-electron chi connectivity index (χ1n) is 16.3. The Labute approximate surface area is 264 Å². The van der Waals surface area contributed by atoms with Crippen LogP contribution in [0.15, 0.2) is 42.5 Å². The number of ether oxygens (including phenoxy) is 1. The number of alkyl carbamates (subject to hydrolysis) is 1. The summed E-state index contributed by atoms with van der Waals surface area (Å²) < 4.78 is 5.54. The third kappa shape index (κ3) is 12.2. The lowest BCUT2D eigenvalue weighted by Crippen LogP contribution is -2.54. The number of phenols is 1. The predicted molar refractivity (Wildman–Crippen MR) is 177 cm³/mol. The molecule has 0 fully saturated rings. The first kappa shape index (κ1) is 36.6. The zero-order valence-electron chi connectivity index (χ0n) is 28.0. The van der Waals surface area contributed by atoms with Crippen LogP contribution in [0.2, 0.25) is 0 Å². The van der Waals surface area contributed by atoms with Crippen LogP contribution in [0.25, 0.3) is 0 Å². The lowest BCUT2D eigenvalue weighted by molar-refractivity contribution is -0.142. The zero-order chi connectivity index (χ0) is 32.7. The lowest BCUT2D eigenvalue weighted by atomic mass is 9.94. The molecule has 8 nitrogen and oxygen atoms in total. The summed E-state index contributed by atoms with van der Waals surface area (Å²) in [6.07, 6.45) is 7.27. The Morgan fingerprint density at radius 2 is 1.52 bits per heavy atom. The predicted octanol–water partition coefficient (Wildman–Crippen LogP) is 7.29. The van der Waals surface area contributed by atoms with E-state index in [9.17, 15) is 19.5 Å². The number of nitrogens with zero attached hydrogens (tertiary/aromatic N) is 1. The van der Waals surface area contributed by atoms with E-state index in [1.165, 1.54) is 0 Å². The minimum atomic E-state index is -0.995. The van der Waals surface area contributed by atoms with Gasteiger partial charge in [-0.05, 0) is 81.8 Å². The fourth-order valence-electron chi connectivity index (χ4n) is 5.17. The van der Waals surface area contributed by atoms with Crippen molar-refractivity contribution in [2.24, 2.45) is 0 Å². The van der Waals surface area contributed by atoms with E-state index in [4.69, 9.17) is 4.74 Å². The fraction of sp³-hybridized carbons (Fsp3) is 0.583. The number of carbonyl (C=O) groups excluding carboxylic acids is 3. The number of benzene rings is 2. The smallest absolute Gasteiger partial charge is 0.408 e. The molecule has 0 heterocycles. The molecule has 2 aromatic rings. The largest absolute Gasteiger partial charge is 0.508 e. The summed E-state index contributed by atoms with van der Waals surface area (Å²) in [6.45, 7) is 14.5. The van der Waals surface area contributed by atoms with Crippen molar-refractivity contribution in [2.75, 3.05) is 13.1 Å². The van der Waals surface area contributed by atoms with Crippen LogP contribution in [-0.4, -0.2) is 52.6 Å². The first-order chi connectivity index (χ1) is 20.9. The number of nitrogens with one attached hydrogen (secondary N) is 2. The van der Waals surface area contributed by atoms with Crippen LogP contribution >= 0.6 is 0 Å². The van der Waals surface area contributed by atoms with E-state index < -0.39 is 23.8 Å². The molecule has 2 aromatic carbocycles. The molecule has 0 saturated carbocycles. The Hall–Kier alpha value is -3.55. The molecule has 2 atom stereocenters. The number of hydrogen-bond donors (Lipinski definition) is 3. The van der Waals surface area contributed by atoms with E-state index in [0.29, 0.717) is 13.1 Å². The normalized spacial score (nSPS) is 12.7. The second-order valence-corrected chi connectivity index (χ2v) is 12.7. The SMILES string of the molecule is CCCCCCCN(C(=O)C(Cc1ccc(O)cc1)NC(=O)OC(C)(C)C)C(C(=O)NCCCCC)c1cccc(C)c1C. The maximum atomic E-state index is 14.7. The van der Waals surface area contributed by atoms with Gasteiger partial charge in [0.25, 0.3) is 0 Å². The van der Waals surface area contributed by atoms with Gasteiger partial charge in [-0.3, -0.25) is 9.59 Å². The molecule has 3 N–H and O–H groups in total. The van der Waals surface area contributed by atoms with Crippen molar-refractivity contribution in [2.45, 2.75) is 124 Å². The maximum absolute atomic E-state index is 14.7. The number of aryl methyl sites for hydroxylation is 1. The lowest BCUT2D eigenvalue weighted by Gasteiger charge is -2.35. The number of rotatable bonds is 17. The van der Waals surface area contributed by atoms with Crippen molar-refractivity contribution in [3.8, 4) is 5.75 Å². The minimum absolute atomic E-state index is 0.111. The summed E-state index contributed by atoms with van der Waals surface area (Å²) in [7, 11) is 0. The van der Waals surface area contributed by atoms with Gasteiger partial charge in [0, 0.05) is 19.5 Å². The molecule has 0 aliphatic heterocycles. The Morgan fingerprint density at radius 1 is 0.886 bits per heavy atom. The zero-order valence-corrected chi connectivity index (χ0v) is 28.0. The molecule has 0 aliphatic rings. The number of unbranched alkanes of at least 4 members (excludes halogenated alkanes) is 6. The number of amides is 3. The van der Waals surface area contributed by atoms with Crippen molar-refractivity contribution in [1.29, 1.82) is 0 Å². The van der Waals surface area contributed by atoms with Gasteiger partial charge in [0.15, 0.2) is 0 Å². The number of aromatic hydroxyl groups is 1. The standard InChI is InChI=1S/C36H55N3O5/c1-8-10-12-13-15-24-39(32(33(41)37-23-14-11-9-2)30-18-16-17-26(3)27(30)4)34(42)31(38-35(43)44-36(5,6)7)25-28-19-21-29(40)22-20-28/h16-22,31-32,40H,8-15,23-25H2,1-7H3,(H,37,41)(H,38,43). The van der Waals surface area contributed by atoms with E-state index >= 15 is 0 Å². The van der Waals surface area contributed by atoms with Crippen LogP contribution < -0.4 is 10.6 Å². The third-order valence-corrected chi connectivity index (χ3v) is 7.73. The molecule has 0 aromatic heterocycles. The molecule has 2 unspecified atom stereocenters. The molecule has 2 rings (SSSR count). The van der Waals surface area contributed by atoms with E-state index in [0.717, 1.165) is 73.6 Å². The highest BCUT2D eigenvalue weighted by molar-refractivity contribution is 5.92. The highest BCUT2D eigenvalue weighted by Gasteiger charge is 2.37. The first-order valence-corrected chi connectivity index (χ1v) is 16.3. The third-order valence-electron chi connectivity index (χ3n) is 7.73. The Bertz CT molecular complexity index is 1190. The second-order valence-electron chi connectivity index (χ2n) is 12.7. The van der Waals surface area contributed by atoms with Crippen molar-refractivity contribution in [3.05, 3.63) is 64.7 Å². The average Bonchev–Trinajstić information content (AvgIpc) is 2.96. The summed E-state index contributed by atoms with van der Waals surface area (Å²) in [5, 5.41) is 15.7. The average molecular weight is 610 g/mol. The van der Waals surface area contributed by atoms with Gasteiger partial charge in [0.05, 0.1) is 0 Å². The van der Waals surface area contributed by atoms with Crippen molar-refractivity contribution in [3.63, 3.8) is 0 Å². The molecule has 8 heteroatoms. The van der Waals surface area contributed by atoms with Gasteiger partial charge in [0.2, 0.25) is 11.8 Å². The Kier molecular flexibility index (Phi) is 15.2. The Morgan fingerprint density at radius 3 is 2.16 bits per heavy atom. The number of phenolic OH excluding ortho intramolecular Hbond substituents is 1. The molecular weight excluding hydrogens is 554 g/mol. The van der Waals surface area contributed by atoms with E-state index in [1.54, 1.807) is 49.9 Å². The van der Waals surface area contributed by atoms with Gasteiger partial charge < -0.3 is 25.4 Å². The Balaban J connectivity index is 2.57. The molecule has 0 aliphatic carbocycles. The summed E-state index contributed by atoms with van der Waals surface area (Å²) >= 11 is 0. The number of hydrogen-bond acceptors (Lipinski definition) is 5. The van der Waals surface area contributed by atoms with Crippen LogP contribution in [0.3, 0.4) is 0 Å². The van der Waals surface area contributed by atoms with Crippen LogP contribution in [0.5, 0.6) is 5.75 Å². The molecule has 244 valence electrons. The fourth-order valence-corrected chi connectivity index (χ4v) is 5.17. The van der Waals surface area contributed by atoms with Gasteiger partial charge in [-0.25, -0.2) is 4.79 Å². The molecule has 0 saturated heterocycles. The van der Waals surface area contributed by atoms with Gasteiger partial charge >= 0.3 is 6.09 Å².